The second-order valence-corrected chi connectivity index (χ2v) is 5.51. The summed E-state index contributed by atoms with van der Waals surface area (Å²) in [5.41, 5.74) is 2.68. The molecule has 0 spiro atoms. The summed E-state index contributed by atoms with van der Waals surface area (Å²) in [6, 6.07) is 17.6. The number of anilines is 1. The lowest BCUT2D eigenvalue weighted by Crippen LogP contribution is -2.31. The molecule has 0 radical (unpaired) electrons. The van der Waals surface area contributed by atoms with Crippen LogP contribution in [0.1, 0.15) is 16.8 Å². The third kappa shape index (κ3) is 3.43. The van der Waals surface area contributed by atoms with E-state index in [1.54, 1.807) is 6.20 Å². The van der Waals surface area contributed by atoms with Gasteiger partial charge in [0, 0.05) is 41.5 Å². The molecule has 3 aromatic rings. The molecule has 4 nitrogen and oxygen atoms in total. The number of aliphatic hydroxyl groups excluding tert-OH is 1. The SMILES string of the molecule is O=C(CN(CCCO)c1ccccc1)c1c[nH]c2ccccc12. The lowest BCUT2D eigenvalue weighted by molar-refractivity contribution is 0.1000. The number of aromatic nitrogens is 1. The van der Waals surface area contributed by atoms with E-state index in [9.17, 15) is 4.79 Å². The predicted molar refractivity (Wildman–Crippen MR) is 93.0 cm³/mol. The summed E-state index contributed by atoms with van der Waals surface area (Å²) < 4.78 is 0. The van der Waals surface area contributed by atoms with Gasteiger partial charge in [-0.3, -0.25) is 4.79 Å². The molecule has 0 aliphatic carbocycles. The Morgan fingerprint density at radius 3 is 2.57 bits per heavy atom. The molecule has 1 heterocycles. The van der Waals surface area contributed by atoms with Gasteiger partial charge in [0.2, 0.25) is 0 Å². The Bertz CT molecular complexity index is 780. The number of nitrogens with one attached hydrogen (secondary N) is 1. The Morgan fingerprint density at radius 1 is 1.04 bits per heavy atom. The van der Waals surface area contributed by atoms with Gasteiger partial charge < -0.3 is 15.0 Å². The lowest BCUT2D eigenvalue weighted by Gasteiger charge is -2.23. The maximum atomic E-state index is 12.7. The fourth-order valence-electron chi connectivity index (χ4n) is 2.76. The summed E-state index contributed by atoms with van der Waals surface area (Å²) in [7, 11) is 0. The van der Waals surface area contributed by atoms with Crippen molar-refractivity contribution in [3.8, 4) is 0 Å². The molecule has 0 aliphatic heterocycles. The van der Waals surface area contributed by atoms with Crippen LogP contribution in [0.3, 0.4) is 0 Å². The molecule has 0 atom stereocenters. The average Bonchev–Trinajstić information content (AvgIpc) is 3.03. The predicted octanol–water partition coefficient (Wildman–Crippen LogP) is 3.24. The fraction of sp³-hybridized carbons (Fsp3) is 0.211. The van der Waals surface area contributed by atoms with E-state index in [4.69, 9.17) is 5.11 Å². The van der Waals surface area contributed by atoms with Crippen LogP contribution in [-0.4, -0.2) is 35.6 Å². The molecule has 23 heavy (non-hydrogen) atoms. The van der Waals surface area contributed by atoms with Crippen LogP contribution in [0.2, 0.25) is 0 Å². The first-order valence-electron chi connectivity index (χ1n) is 7.80. The van der Waals surface area contributed by atoms with Crippen molar-refractivity contribution in [1.82, 2.24) is 4.98 Å². The van der Waals surface area contributed by atoms with Gasteiger partial charge in [-0.05, 0) is 24.6 Å². The first-order valence-corrected chi connectivity index (χ1v) is 7.80. The normalized spacial score (nSPS) is 10.8. The fourth-order valence-corrected chi connectivity index (χ4v) is 2.76. The molecule has 3 rings (SSSR count). The summed E-state index contributed by atoms with van der Waals surface area (Å²) in [5.74, 6) is 0.0734. The minimum Gasteiger partial charge on any atom is -0.396 e. The molecule has 2 N–H and O–H groups in total. The number of hydrogen-bond donors (Lipinski definition) is 2. The van der Waals surface area contributed by atoms with Crippen LogP contribution in [0, 0.1) is 0 Å². The highest BCUT2D eigenvalue weighted by molar-refractivity contribution is 6.09. The average molecular weight is 308 g/mol. The Balaban J connectivity index is 1.83. The van der Waals surface area contributed by atoms with Crippen LogP contribution >= 0.6 is 0 Å². The molecule has 2 aromatic carbocycles. The topological polar surface area (TPSA) is 56.3 Å². The van der Waals surface area contributed by atoms with Crippen LogP contribution in [0.25, 0.3) is 10.9 Å². The first kappa shape index (κ1) is 15.3. The second-order valence-electron chi connectivity index (χ2n) is 5.51. The van der Waals surface area contributed by atoms with Crippen molar-refractivity contribution in [3.05, 3.63) is 66.4 Å². The standard InChI is InChI=1S/C19H20N2O2/c22-12-6-11-21(15-7-2-1-3-8-15)14-19(23)17-13-20-18-10-5-4-9-16(17)18/h1-5,7-10,13,20,22H,6,11-12,14H2. The van der Waals surface area contributed by atoms with Crippen LogP contribution in [0.4, 0.5) is 5.69 Å². The molecule has 0 amide bonds. The molecular weight excluding hydrogens is 288 g/mol. The molecule has 0 aliphatic rings. The lowest BCUT2D eigenvalue weighted by atomic mass is 10.1. The minimum atomic E-state index is 0.0734. The van der Waals surface area contributed by atoms with Gasteiger partial charge >= 0.3 is 0 Å². The van der Waals surface area contributed by atoms with Crippen molar-refractivity contribution in [2.75, 3.05) is 24.6 Å². The number of aliphatic hydroxyl groups is 1. The summed E-state index contributed by atoms with van der Waals surface area (Å²) in [5, 5.41) is 10.1. The smallest absolute Gasteiger partial charge is 0.184 e. The summed E-state index contributed by atoms with van der Waals surface area (Å²) >= 11 is 0. The van der Waals surface area contributed by atoms with Gasteiger partial charge in [0.1, 0.15) is 0 Å². The molecule has 0 bridgehead atoms. The molecule has 4 heteroatoms. The van der Waals surface area contributed by atoms with Crippen molar-refractivity contribution in [2.45, 2.75) is 6.42 Å². The number of H-pyrrole nitrogens is 1. The molecular formula is C19H20N2O2. The van der Waals surface area contributed by atoms with Gasteiger partial charge in [-0.1, -0.05) is 36.4 Å². The molecule has 1 aromatic heterocycles. The van der Waals surface area contributed by atoms with E-state index < -0.39 is 0 Å². The highest BCUT2D eigenvalue weighted by atomic mass is 16.3. The van der Waals surface area contributed by atoms with Gasteiger partial charge in [0.25, 0.3) is 0 Å². The van der Waals surface area contributed by atoms with Crippen molar-refractivity contribution < 1.29 is 9.90 Å². The molecule has 0 fully saturated rings. The zero-order valence-electron chi connectivity index (χ0n) is 12.9. The summed E-state index contributed by atoms with van der Waals surface area (Å²) in [4.78, 5) is 17.9. The zero-order valence-corrected chi connectivity index (χ0v) is 12.9. The van der Waals surface area contributed by atoms with E-state index in [1.807, 2.05) is 59.5 Å². The Morgan fingerprint density at radius 2 is 1.78 bits per heavy atom. The van der Waals surface area contributed by atoms with E-state index in [-0.39, 0.29) is 12.4 Å². The van der Waals surface area contributed by atoms with Crippen LogP contribution < -0.4 is 4.90 Å². The van der Waals surface area contributed by atoms with E-state index in [0.29, 0.717) is 25.1 Å². The minimum absolute atomic E-state index is 0.0734. The monoisotopic (exact) mass is 308 g/mol. The number of carbonyl (C=O) groups is 1. The van der Waals surface area contributed by atoms with Crippen molar-refractivity contribution in [1.29, 1.82) is 0 Å². The quantitative estimate of drug-likeness (QED) is 0.659. The summed E-state index contributed by atoms with van der Waals surface area (Å²) in [6.07, 6.45) is 2.41. The maximum Gasteiger partial charge on any atom is 0.184 e. The Hall–Kier alpha value is -2.59. The number of Topliss-reactive ketones (excluding diaryl/α,β-unsaturated/α-hetero) is 1. The molecule has 0 saturated carbocycles. The van der Waals surface area contributed by atoms with E-state index >= 15 is 0 Å². The van der Waals surface area contributed by atoms with Gasteiger partial charge in [-0.25, -0.2) is 0 Å². The van der Waals surface area contributed by atoms with Gasteiger partial charge in [0.05, 0.1) is 6.54 Å². The number of para-hydroxylation sites is 2. The van der Waals surface area contributed by atoms with Crippen LogP contribution in [0.5, 0.6) is 0 Å². The highest BCUT2D eigenvalue weighted by Crippen LogP contribution is 2.20. The molecule has 118 valence electrons. The van der Waals surface area contributed by atoms with Gasteiger partial charge in [-0.2, -0.15) is 0 Å². The third-order valence-corrected chi connectivity index (χ3v) is 3.93. The summed E-state index contributed by atoms with van der Waals surface area (Å²) in [6.45, 7) is 1.06. The van der Waals surface area contributed by atoms with E-state index in [2.05, 4.69) is 4.98 Å². The Kier molecular flexibility index (Phi) is 4.74. The van der Waals surface area contributed by atoms with Crippen molar-refractivity contribution in [3.63, 3.8) is 0 Å². The van der Waals surface area contributed by atoms with Gasteiger partial charge in [0.15, 0.2) is 5.78 Å². The second kappa shape index (κ2) is 7.11. The number of benzene rings is 2. The largest absolute Gasteiger partial charge is 0.396 e. The van der Waals surface area contributed by atoms with Crippen molar-refractivity contribution >= 4 is 22.4 Å². The van der Waals surface area contributed by atoms with Crippen LogP contribution in [0.15, 0.2) is 60.8 Å². The highest BCUT2D eigenvalue weighted by Gasteiger charge is 2.16. The number of ketones is 1. The molecule has 0 unspecified atom stereocenters. The Labute approximate surface area is 135 Å². The van der Waals surface area contributed by atoms with Crippen LogP contribution in [-0.2, 0) is 0 Å². The number of aromatic amines is 1. The first-order chi connectivity index (χ1) is 11.3. The number of nitrogens with zero attached hydrogens (tertiary/aromatic N) is 1. The van der Waals surface area contributed by atoms with Crippen molar-refractivity contribution in [2.24, 2.45) is 0 Å². The van der Waals surface area contributed by atoms with E-state index in [1.165, 1.54) is 0 Å². The van der Waals surface area contributed by atoms with E-state index in [0.717, 1.165) is 16.6 Å². The number of fused-ring (bicyclic) bond motifs is 1. The number of hydrogen-bond acceptors (Lipinski definition) is 3. The third-order valence-electron chi connectivity index (χ3n) is 3.93. The number of carbonyl (C=O) groups excluding carboxylic acids is 1. The molecule has 0 saturated heterocycles. The zero-order chi connectivity index (χ0) is 16.1. The number of rotatable bonds is 7. The van der Waals surface area contributed by atoms with Gasteiger partial charge in [-0.15, -0.1) is 0 Å². The maximum absolute atomic E-state index is 12.7.